The molecule has 3 rings (SSSR count). The molecular weight excluding hydrogens is 382 g/mol. The molecule has 1 fully saturated rings. The number of benzene rings is 2. The molecule has 0 atom stereocenters. The van der Waals surface area contributed by atoms with Crippen LogP contribution in [0, 0.1) is 11.3 Å². The first-order valence-corrected chi connectivity index (χ1v) is 8.82. The van der Waals surface area contributed by atoms with Crippen LogP contribution in [0.15, 0.2) is 51.9 Å². The summed E-state index contributed by atoms with van der Waals surface area (Å²) < 4.78 is 11.7. The Morgan fingerprint density at radius 1 is 1.20 bits per heavy atom. The molecule has 2 aromatic rings. The number of anilines is 1. The van der Waals surface area contributed by atoms with Crippen molar-refractivity contribution >= 4 is 33.5 Å². The number of hydrogen-bond donors (Lipinski definition) is 0. The van der Waals surface area contributed by atoms with Crippen molar-refractivity contribution in [2.45, 2.75) is 0 Å². The lowest BCUT2D eigenvalue weighted by atomic mass is 10.2. The lowest BCUT2D eigenvalue weighted by Gasteiger charge is -2.28. The molecule has 6 heteroatoms. The summed E-state index contributed by atoms with van der Waals surface area (Å²) in [5.74, 6) is 0.637. The normalized spacial score (nSPS) is 14.5. The lowest BCUT2D eigenvalue weighted by Crippen LogP contribution is -2.36. The van der Waals surface area contributed by atoms with Crippen molar-refractivity contribution in [2.75, 3.05) is 37.8 Å². The van der Waals surface area contributed by atoms with Crippen molar-refractivity contribution in [1.82, 2.24) is 0 Å². The lowest BCUT2D eigenvalue weighted by molar-refractivity contribution is 0.122. The molecule has 128 valence electrons. The van der Waals surface area contributed by atoms with Gasteiger partial charge in [-0.1, -0.05) is 15.9 Å². The quantitative estimate of drug-likeness (QED) is 0.714. The first-order valence-electron chi connectivity index (χ1n) is 8.02. The average molecular weight is 400 g/mol. The minimum absolute atomic E-state index is 0.0106. The van der Waals surface area contributed by atoms with E-state index in [1.807, 2.05) is 36.4 Å². The van der Waals surface area contributed by atoms with Crippen LogP contribution in [0.3, 0.4) is 0 Å². The second-order valence-electron chi connectivity index (χ2n) is 5.50. The van der Waals surface area contributed by atoms with Gasteiger partial charge in [0.05, 0.1) is 18.9 Å². The highest BCUT2D eigenvalue weighted by Crippen LogP contribution is 2.24. The summed E-state index contributed by atoms with van der Waals surface area (Å²) >= 11 is 3.45. The Morgan fingerprint density at radius 3 is 2.68 bits per heavy atom. The van der Waals surface area contributed by atoms with Gasteiger partial charge in [-0.25, -0.2) is 0 Å². The number of nitrogens with zero attached hydrogens (tertiary/aromatic N) is 3. The van der Waals surface area contributed by atoms with Gasteiger partial charge >= 0.3 is 0 Å². The van der Waals surface area contributed by atoms with Crippen molar-refractivity contribution in [3.8, 4) is 11.8 Å². The van der Waals surface area contributed by atoms with Crippen LogP contribution >= 0.6 is 15.9 Å². The van der Waals surface area contributed by atoms with Crippen LogP contribution in [0.4, 0.5) is 11.4 Å². The Kier molecular flexibility index (Phi) is 6.04. The summed E-state index contributed by atoms with van der Waals surface area (Å²) in [5, 5.41) is 8.68. The van der Waals surface area contributed by atoms with Gasteiger partial charge < -0.3 is 14.4 Å². The molecule has 5 nitrogen and oxygen atoms in total. The van der Waals surface area contributed by atoms with Crippen LogP contribution in [-0.2, 0) is 4.74 Å². The average Bonchev–Trinajstić information content (AvgIpc) is 2.67. The van der Waals surface area contributed by atoms with Gasteiger partial charge in [0.1, 0.15) is 11.8 Å². The number of nitriles is 1. The Hall–Kier alpha value is -2.36. The van der Waals surface area contributed by atoms with E-state index in [4.69, 9.17) is 14.7 Å². The first kappa shape index (κ1) is 17.5. The maximum atomic E-state index is 8.68. The van der Waals surface area contributed by atoms with Gasteiger partial charge in [0.15, 0.2) is 6.61 Å². The van der Waals surface area contributed by atoms with E-state index in [-0.39, 0.29) is 6.61 Å². The maximum Gasteiger partial charge on any atom is 0.174 e. The van der Waals surface area contributed by atoms with E-state index in [1.54, 1.807) is 6.21 Å². The number of morpholine rings is 1. The number of aliphatic imine (C=N–C) groups is 1. The highest BCUT2D eigenvalue weighted by atomic mass is 79.9. The van der Waals surface area contributed by atoms with Gasteiger partial charge in [0, 0.05) is 35.0 Å². The zero-order valence-corrected chi connectivity index (χ0v) is 15.3. The highest BCUT2D eigenvalue weighted by Gasteiger charge is 2.10. The molecule has 0 aliphatic carbocycles. The standard InChI is InChI=1S/C19H18BrN3O2/c20-16-1-6-19(25-10-7-21)15(13-16)14-22-17-2-4-18(5-3-17)23-8-11-24-12-9-23/h1-6,13-14H,8-12H2. The fraction of sp³-hybridized carbons (Fsp3) is 0.263. The largest absolute Gasteiger partial charge is 0.478 e. The van der Waals surface area contributed by atoms with Crippen LogP contribution in [0.2, 0.25) is 0 Å². The van der Waals surface area contributed by atoms with E-state index >= 15 is 0 Å². The Bertz CT molecular complexity index is 778. The van der Waals surface area contributed by atoms with Gasteiger partial charge in [-0.15, -0.1) is 0 Å². The maximum absolute atomic E-state index is 8.68. The third kappa shape index (κ3) is 4.81. The van der Waals surface area contributed by atoms with Gasteiger partial charge in [-0.05, 0) is 42.5 Å². The first-order chi connectivity index (χ1) is 12.3. The minimum atomic E-state index is 0.0106. The SMILES string of the molecule is N#CCOc1ccc(Br)cc1C=Nc1ccc(N2CCOCC2)cc1. The molecule has 25 heavy (non-hydrogen) atoms. The summed E-state index contributed by atoms with van der Waals surface area (Å²) in [7, 11) is 0. The molecule has 1 saturated heterocycles. The fourth-order valence-corrected chi connectivity index (χ4v) is 2.96. The van der Waals surface area contributed by atoms with E-state index in [9.17, 15) is 0 Å². The smallest absolute Gasteiger partial charge is 0.174 e. The van der Waals surface area contributed by atoms with Crippen molar-refractivity contribution < 1.29 is 9.47 Å². The van der Waals surface area contributed by atoms with E-state index in [2.05, 4.69) is 38.0 Å². The summed E-state index contributed by atoms with van der Waals surface area (Å²) in [6.07, 6.45) is 1.75. The van der Waals surface area contributed by atoms with Crippen molar-refractivity contribution in [1.29, 1.82) is 5.26 Å². The van der Waals surface area contributed by atoms with Gasteiger partial charge in [-0.3, -0.25) is 4.99 Å². The van der Waals surface area contributed by atoms with Crippen LogP contribution in [0.25, 0.3) is 0 Å². The zero-order valence-electron chi connectivity index (χ0n) is 13.7. The predicted molar refractivity (Wildman–Crippen MR) is 102 cm³/mol. The minimum Gasteiger partial charge on any atom is -0.478 e. The van der Waals surface area contributed by atoms with Crippen LogP contribution in [-0.4, -0.2) is 39.1 Å². The van der Waals surface area contributed by atoms with Crippen molar-refractivity contribution in [2.24, 2.45) is 4.99 Å². The molecule has 0 aromatic heterocycles. The Labute approximate surface area is 155 Å². The number of hydrogen-bond acceptors (Lipinski definition) is 5. The predicted octanol–water partition coefficient (Wildman–Crippen LogP) is 3.94. The van der Waals surface area contributed by atoms with Gasteiger partial charge in [0.2, 0.25) is 0 Å². The molecule has 0 unspecified atom stereocenters. The number of ether oxygens (including phenoxy) is 2. The summed E-state index contributed by atoms with van der Waals surface area (Å²) in [4.78, 5) is 6.83. The van der Waals surface area contributed by atoms with Gasteiger partial charge in [0.25, 0.3) is 0 Å². The van der Waals surface area contributed by atoms with Gasteiger partial charge in [-0.2, -0.15) is 5.26 Å². The Balaban J connectivity index is 1.73. The third-order valence-corrected chi connectivity index (χ3v) is 4.34. The van der Waals surface area contributed by atoms with Crippen molar-refractivity contribution in [3.63, 3.8) is 0 Å². The molecular formula is C19H18BrN3O2. The number of rotatable bonds is 5. The monoisotopic (exact) mass is 399 g/mol. The highest BCUT2D eigenvalue weighted by molar-refractivity contribution is 9.10. The Morgan fingerprint density at radius 2 is 1.96 bits per heavy atom. The molecule has 1 aliphatic rings. The second-order valence-corrected chi connectivity index (χ2v) is 6.42. The molecule has 0 N–H and O–H groups in total. The van der Waals surface area contributed by atoms with Crippen molar-refractivity contribution in [3.05, 3.63) is 52.5 Å². The summed E-state index contributed by atoms with van der Waals surface area (Å²) in [5.41, 5.74) is 2.87. The molecule has 0 amide bonds. The number of halogens is 1. The molecule has 2 aromatic carbocycles. The zero-order chi connectivity index (χ0) is 17.5. The molecule has 1 aliphatic heterocycles. The van der Waals surface area contributed by atoms with E-state index in [0.717, 1.165) is 42.0 Å². The second kappa shape index (κ2) is 8.65. The molecule has 1 heterocycles. The molecule has 0 radical (unpaired) electrons. The molecule has 0 bridgehead atoms. The summed E-state index contributed by atoms with van der Waals surface area (Å²) in [6.45, 7) is 3.39. The van der Waals surface area contributed by atoms with Crippen LogP contribution in [0.1, 0.15) is 5.56 Å². The fourth-order valence-electron chi connectivity index (χ4n) is 2.58. The van der Waals surface area contributed by atoms with Crippen LogP contribution < -0.4 is 9.64 Å². The van der Waals surface area contributed by atoms with E-state index in [0.29, 0.717) is 5.75 Å². The summed E-state index contributed by atoms with van der Waals surface area (Å²) in [6, 6.07) is 15.7. The third-order valence-electron chi connectivity index (χ3n) is 3.84. The molecule has 0 saturated carbocycles. The van der Waals surface area contributed by atoms with E-state index < -0.39 is 0 Å². The molecule has 0 spiro atoms. The van der Waals surface area contributed by atoms with E-state index in [1.165, 1.54) is 5.69 Å². The van der Waals surface area contributed by atoms with Crippen LogP contribution in [0.5, 0.6) is 5.75 Å². The topological polar surface area (TPSA) is 57.8 Å².